The van der Waals surface area contributed by atoms with Crippen LogP contribution in [0.25, 0.3) is 0 Å². The average molecular weight is 186 g/mol. The van der Waals surface area contributed by atoms with Crippen molar-refractivity contribution < 1.29 is 4.74 Å². The molecule has 1 aromatic rings. The molecule has 1 heterocycles. The van der Waals surface area contributed by atoms with E-state index in [0.717, 1.165) is 12.3 Å². The van der Waals surface area contributed by atoms with Crippen molar-refractivity contribution in [3.8, 4) is 0 Å². The Labute approximate surface area is 77.3 Å². The number of alkyl halides is 1. The van der Waals surface area contributed by atoms with Gasteiger partial charge in [0.15, 0.2) is 0 Å². The molecule has 0 saturated carbocycles. The summed E-state index contributed by atoms with van der Waals surface area (Å²) >= 11 is 5.27. The lowest BCUT2D eigenvalue weighted by atomic mass is 10.3. The Morgan fingerprint density at radius 1 is 1.42 bits per heavy atom. The van der Waals surface area contributed by atoms with Gasteiger partial charge in [-0.1, -0.05) is 18.2 Å². The number of nitrogen functional groups attached to an aromatic ring is 1. The molecule has 2 nitrogen and oxygen atoms in total. The molecule has 1 atom stereocenters. The van der Waals surface area contributed by atoms with Gasteiger partial charge in [-0.05, 0) is 12.1 Å². The Morgan fingerprint density at radius 2 is 2.00 bits per heavy atom. The quantitative estimate of drug-likeness (QED) is 0.412. The fraction of sp³-hybridized carbons (Fsp3) is 0.333. The van der Waals surface area contributed by atoms with Crippen molar-refractivity contribution in [3.05, 3.63) is 30.3 Å². The molecule has 0 bridgehead atoms. The highest BCUT2D eigenvalue weighted by Crippen LogP contribution is 2.08. The molecule has 12 heavy (non-hydrogen) atoms. The molecule has 1 aliphatic heterocycles. The van der Waals surface area contributed by atoms with Crippen LogP contribution in [0.4, 0.5) is 5.69 Å². The summed E-state index contributed by atoms with van der Waals surface area (Å²) in [6, 6.07) is 9.49. The van der Waals surface area contributed by atoms with E-state index < -0.39 is 0 Å². The first kappa shape index (κ1) is 9.36. The van der Waals surface area contributed by atoms with Crippen LogP contribution in [0, 0.1) is 0 Å². The molecule has 2 N–H and O–H groups in total. The van der Waals surface area contributed by atoms with E-state index >= 15 is 0 Å². The molecule has 3 heteroatoms. The molecule has 1 saturated heterocycles. The van der Waals surface area contributed by atoms with E-state index in [1.807, 2.05) is 30.3 Å². The van der Waals surface area contributed by atoms with Crippen LogP contribution in [0.5, 0.6) is 0 Å². The second-order valence-electron chi connectivity index (χ2n) is 2.52. The predicted molar refractivity (Wildman–Crippen MR) is 51.3 cm³/mol. The Morgan fingerprint density at radius 3 is 2.17 bits per heavy atom. The van der Waals surface area contributed by atoms with Gasteiger partial charge in [-0.15, -0.1) is 11.6 Å². The van der Waals surface area contributed by atoms with Crippen LogP contribution < -0.4 is 5.73 Å². The highest BCUT2D eigenvalue weighted by molar-refractivity contribution is 6.18. The minimum atomic E-state index is 0.400. The second kappa shape index (κ2) is 5.01. The van der Waals surface area contributed by atoms with E-state index in [9.17, 15) is 0 Å². The van der Waals surface area contributed by atoms with Gasteiger partial charge in [0.2, 0.25) is 0 Å². The van der Waals surface area contributed by atoms with Gasteiger partial charge in [0.1, 0.15) is 0 Å². The topological polar surface area (TPSA) is 38.5 Å². The van der Waals surface area contributed by atoms with Crippen LogP contribution in [0.1, 0.15) is 0 Å². The molecule has 1 unspecified atom stereocenters. The molecule has 1 aromatic carbocycles. The van der Waals surface area contributed by atoms with Crippen molar-refractivity contribution in [1.82, 2.24) is 0 Å². The second-order valence-corrected chi connectivity index (χ2v) is 2.83. The Hall–Kier alpha value is -0.730. The zero-order valence-electron chi connectivity index (χ0n) is 6.74. The van der Waals surface area contributed by atoms with E-state index in [0.29, 0.717) is 12.0 Å². The third-order valence-corrected chi connectivity index (χ3v) is 1.72. The molecule has 0 amide bonds. The molecule has 66 valence electrons. The summed E-state index contributed by atoms with van der Waals surface area (Å²) in [6.07, 6.45) is 0.400. The third kappa shape index (κ3) is 4.21. The fourth-order valence-electron chi connectivity index (χ4n) is 0.610. The molecule has 0 spiro atoms. The van der Waals surface area contributed by atoms with Crippen LogP contribution in [-0.2, 0) is 4.74 Å². The molecule has 0 aromatic heterocycles. The van der Waals surface area contributed by atoms with E-state index in [1.165, 1.54) is 0 Å². The summed E-state index contributed by atoms with van der Waals surface area (Å²) in [5.41, 5.74) is 6.18. The number of ether oxygens (including phenoxy) is 1. The van der Waals surface area contributed by atoms with Crippen LogP contribution in [0.15, 0.2) is 30.3 Å². The number of hydrogen-bond acceptors (Lipinski definition) is 2. The maximum atomic E-state index is 5.36. The number of rotatable bonds is 1. The summed E-state index contributed by atoms with van der Waals surface area (Å²) in [7, 11) is 0. The average Bonchev–Trinajstić information content (AvgIpc) is 2.89. The van der Waals surface area contributed by atoms with Crippen LogP contribution in [0.3, 0.4) is 0 Å². The zero-order chi connectivity index (χ0) is 8.81. The number of benzene rings is 1. The lowest BCUT2D eigenvalue weighted by Gasteiger charge is -1.83. The van der Waals surface area contributed by atoms with Crippen molar-refractivity contribution in [2.45, 2.75) is 6.10 Å². The first-order valence-corrected chi connectivity index (χ1v) is 4.34. The van der Waals surface area contributed by atoms with Crippen LogP contribution in [-0.4, -0.2) is 18.6 Å². The number of para-hydroxylation sites is 1. The number of hydrogen-bond donors (Lipinski definition) is 1. The molecule has 1 fully saturated rings. The molecular weight excluding hydrogens is 174 g/mol. The zero-order valence-corrected chi connectivity index (χ0v) is 7.50. The van der Waals surface area contributed by atoms with Gasteiger partial charge in [-0.2, -0.15) is 0 Å². The Kier molecular flexibility index (Phi) is 3.91. The van der Waals surface area contributed by atoms with E-state index in [2.05, 4.69) is 0 Å². The lowest BCUT2D eigenvalue weighted by molar-refractivity contribution is 0.425. The van der Waals surface area contributed by atoms with E-state index in [4.69, 9.17) is 22.1 Å². The molecule has 0 radical (unpaired) electrons. The van der Waals surface area contributed by atoms with E-state index in [1.54, 1.807) is 0 Å². The number of epoxide rings is 1. The summed E-state index contributed by atoms with van der Waals surface area (Å²) < 4.78 is 4.73. The van der Waals surface area contributed by atoms with Crippen LogP contribution >= 0.6 is 11.6 Å². The smallest absolute Gasteiger partial charge is 0.0944 e. The van der Waals surface area contributed by atoms with Crippen LogP contribution in [0.2, 0.25) is 0 Å². The molecular formula is C9H12ClNO. The Balaban J connectivity index is 0.000000127. The summed E-state index contributed by atoms with van der Waals surface area (Å²) in [5.74, 6) is 0.667. The predicted octanol–water partition coefficient (Wildman–Crippen LogP) is 1.89. The summed E-state index contributed by atoms with van der Waals surface area (Å²) in [6.45, 7) is 0.878. The van der Waals surface area contributed by atoms with Gasteiger partial charge in [-0.25, -0.2) is 0 Å². The van der Waals surface area contributed by atoms with Gasteiger partial charge < -0.3 is 10.5 Å². The minimum absolute atomic E-state index is 0.400. The minimum Gasteiger partial charge on any atom is -0.399 e. The number of nitrogens with two attached hydrogens (primary N) is 1. The monoisotopic (exact) mass is 185 g/mol. The van der Waals surface area contributed by atoms with E-state index in [-0.39, 0.29) is 0 Å². The highest BCUT2D eigenvalue weighted by atomic mass is 35.5. The van der Waals surface area contributed by atoms with Crippen molar-refractivity contribution >= 4 is 17.3 Å². The van der Waals surface area contributed by atoms with Gasteiger partial charge in [0.25, 0.3) is 0 Å². The number of anilines is 1. The van der Waals surface area contributed by atoms with Gasteiger partial charge in [0.05, 0.1) is 18.6 Å². The maximum Gasteiger partial charge on any atom is 0.0944 e. The molecule has 2 rings (SSSR count). The van der Waals surface area contributed by atoms with Crippen molar-refractivity contribution in [1.29, 1.82) is 0 Å². The van der Waals surface area contributed by atoms with Gasteiger partial charge >= 0.3 is 0 Å². The van der Waals surface area contributed by atoms with Crippen molar-refractivity contribution in [2.75, 3.05) is 18.2 Å². The summed E-state index contributed by atoms with van der Waals surface area (Å²) in [5, 5.41) is 0. The third-order valence-electron chi connectivity index (χ3n) is 1.37. The summed E-state index contributed by atoms with van der Waals surface area (Å²) in [4.78, 5) is 0. The first-order valence-electron chi connectivity index (χ1n) is 3.81. The van der Waals surface area contributed by atoms with Gasteiger partial charge in [0, 0.05) is 5.69 Å². The van der Waals surface area contributed by atoms with Gasteiger partial charge in [-0.3, -0.25) is 0 Å². The molecule has 1 aliphatic rings. The normalized spacial score (nSPS) is 19.2. The van der Waals surface area contributed by atoms with Crippen molar-refractivity contribution in [2.24, 2.45) is 0 Å². The Bertz CT molecular complexity index is 211. The SMILES string of the molecule is ClCC1CO1.Nc1ccccc1. The standard InChI is InChI=1S/C6H7N.C3H5ClO/c7-6-4-2-1-3-5-6;4-1-3-2-5-3/h1-5H,7H2;3H,1-2H2. The highest BCUT2D eigenvalue weighted by Gasteiger charge is 2.19. The number of halogens is 1. The first-order chi connectivity index (χ1) is 5.83. The van der Waals surface area contributed by atoms with Crippen molar-refractivity contribution in [3.63, 3.8) is 0 Å². The molecule has 0 aliphatic carbocycles. The fourth-order valence-corrected chi connectivity index (χ4v) is 0.788. The maximum absolute atomic E-state index is 5.36. The lowest BCUT2D eigenvalue weighted by Crippen LogP contribution is -1.80. The largest absolute Gasteiger partial charge is 0.399 e.